The number of nitrogens with zero attached hydrogens (tertiary/aromatic N) is 2. The maximum absolute atomic E-state index is 11.9. The van der Waals surface area contributed by atoms with Gasteiger partial charge in [-0.3, -0.25) is 4.79 Å². The van der Waals surface area contributed by atoms with Crippen molar-refractivity contribution in [2.24, 2.45) is 5.92 Å². The third-order valence-electron chi connectivity index (χ3n) is 3.03. The molecule has 0 bridgehead atoms. The summed E-state index contributed by atoms with van der Waals surface area (Å²) in [6.45, 7) is 4.07. The van der Waals surface area contributed by atoms with Gasteiger partial charge in [0.15, 0.2) is 0 Å². The van der Waals surface area contributed by atoms with E-state index in [0.29, 0.717) is 6.42 Å². The first kappa shape index (κ1) is 10.2. The van der Waals surface area contributed by atoms with Crippen molar-refractivity contribution in [3.63, 3.8) is 0 Å². The minimum atomic E-state index is 0.214. The number of H-pyrrole nitrogens is 1. The molecule has 4 heteroatoms. The van der Waals surface area contributed by atoms with Crippen LogP contribution in [0.2, 0.25) is 0 Å². The minimum Gasteiger partial charge on any atom is -0.348 e. The second kappa shape index (κ2) is 4.47. The van der Waals surface area contributed by atoms with E-state index >= 15 is 0 Å². The number of hydrogen-bond donors (Lipinski definition) is 1. The molecule has 1 fully saturated rings. The van der Waals surface area contributed by atoms with Gasteiger partial charge in [-0.15, -0.1) is 0 Å². The Balaban J connectivity index is 1.86. The van der Waals surface area contributed by atoms with Crippen LogP contribution in [-0.4, -0.2) is 33.9 Å². The zero-order valence-electron chi connectivity index (χ0n) is 9.07. The number of likely N-dealkylation sites (tertiary alicyclic amines) is 1. The molecule has 1 N–H and O–H groups in total. The maximum Gasteiger partial charge on any atom is 0.228 e. The highest BCUT2D eigenvalue weighted by Gasteiger charge is 2.20. The van der Waals surface area contributed by atoms with Crippen LogP contribution in [0.25, 0.3) is 0 Å². The highest BCUT2D eigenvalue weighted by Crippen LogP contribution is 2.16. The van der Waals surface area contributed by atoms with E-state index in [9.17, 15) is 4.79 Å². The molecule has 0 aromatic carbocycles. The van der Waals surface area contributed by atoms with Crippen LogP contribution in [0.3, 0.4) is 0 Å². The molecule has 2 heterocycles. The van der Waals surface area contributed by atoms with E-state index in [0.717, 1.165) is 37.5 Å². The smallest absolute Gasteiger partial charge is 0.228 e. The lowest BCUT2D eigenvalue weighted by Crippen LogP contribution is -2.38. The highest BCUT2D eigenvalue weighted by atomic mass is 16.2. The topological polar surface area (TPSA) is 49.0 Å². The summed E-state index contributed by atoms with van der Waals surface area (Å²) < 4.78 is 0. The Morgan fingerprint density at radius 3 is 2.93 bits per heavy atom. The van der Waals surface area contributed by atoms with Crippen LogP contribution in [0.4, 0.5) is 0 Å². The van der Waals surface area contributed by atoms with Gasteiger partial charge in [0.2, 0.25) is 5.91 Å². The molecule has 1 aliphatic heterocycles. The predicted octanol–water partition coefficient (Wildman–Crippen LogP) is 1.21. The van der Waals surface area contributed by atoms with E-state index in [1.807, 2.05) is 4.90 Å². The number of aromatic amines is 1. The van der Waals surface area contributed by atoms with Crippen LogP contribution in [0.15, 0.2) is 12.5 Å². The van der Waals surface area contributed by atoms with E-state index in [1.54, 1.807) is 12.5 Å². The SMILES string of the molecule is CC1CCN(C(=O)Cc2cnc[nH]2)CC1. The third kappa shape index (κ3) is 2.58. The summed E-state index contributed by atoms with van der Waals surface area (Å²) in [5.41, 5.74) is 0.902. The molecule has 1 saturated heterocycles. The third-order valence-corrected chi connectivity index (χ3v) is 3.03. The Morgan fingerprint density at radius 2 is 2.33 bits per heavy atom. The summed E-state index contributed by atoms with van der Waals surface area (Å²) in [4.78, 5) is 20.7. The van der Waals surface area contributed by atoms with Crippen LogP contribution in [0, 0.1) is 5.92 Å². The molecule has 0 aliphatic carbocycles. The van der Waals surface area contributed by atoms with Crippen molar-refractivity contribution in [2.75, 3.05) is 13.1 Å². The normalized spacial score (nSPS) is 18.1. The largest absolute Gasteiger partial charge is 0.348 e. The number of hydrogen-bond acceptors (Lipinski definition) is 2. The molecular formula is C11H17N3O. The van der Waals surface area contributed by atoms with Crippen molar-refractivity contribution in [3.05, 3.63) is 18.2 Å². The molecule has 0 radical (unpaired) electrons. The van der Waals surface area contributed by atoms with Gasteiger partial charge in [-0.25, -0.2) is 4.98 Å². The Morgan fingerprint density at radius 1 is 1.60 bits per heavy atom. The highest BCUT2D eigenvalue weighted by molar-refractivity contribution is 5.78. The number of amides is 1. The van der Waals surface area contributed by atoms with Crippen molar-refractivity contribution in [1.29, 1.82) is 0 Å². The molecule has 1 aromatic heterocycles. The molecule has 82 valence electrons. The summed E-state index contributed by atoms with van der Waals surface area (Å²) in [5.74, 6) is 0.979. The number of piperidine rings is 1. The zero-order valence-corrected chi connectivity index (χ0v) is 9.07. The lowest BCUT2D eigenvalue weighted by atomic mass is 9.99. The van der Waals surface area contributed by atoms with E-state index in [4.69, 9.17) is 0 Å². The number of carbonyl (C=O) groups excluding carboxylic acids is 1. The van der Waals surface area contributed by atoms with Gasteiger partial charge in [0.25, 0.3) is 0 Å². The summed E-state index contributed by atoms with van der Waals surface area (Å²) in [5, 5.41) is 0. The molecule has 0 spiro atoms. The molecular weight excluding hydrogens is 190 g/mol. The van der Waals surface area contributed by atoms with Crippen molar-refractivity contribution >= 4 is 5.91 Å². The summed E-state index contributed by atoms with van der Waals surface area (Å²) in [6, 6.07) is 0. The summed E-state index contributed by atoms with van der Waals surface area (Å²) in [7, 11) is 0. The average Bonchev–Trinajstić information content (AvgIpc) is 2.71. The first-order valence-corrected chi connectivity index (χ1v) is 5.50. The van der Waals surface area contributed by atoms with Gasteiger partial charge in [-0.1, -0.05) is 6.92 Å². The van der Waals surface area contributed by atoms with Gasteiger partial charge < -0.3 is 9.88 Å². The monoisotopic (exact) mass is 207 g/mol. The zero-order chi connectivity index (χ0) is 10.7. The predicted molar refractivity (Wildman–Crippen MR) is 57.3 cm³/mol. The van der Waals surface area contributed by atoms with Gasteiger partial charge in [0, 0.05) is 25.0 Å². The van der Waals surface area contributed by atoms with Crippen LogP contribution in [0.1, 0.15) is 25.5 Å². The van der Waals surface area contributed by atoms with Gasteiger partial charge >= 0.3 is 0 Å². The first-order chi connectivity index (χ1) is 7.25. The standard InChI is InChI=1S/C11H17N3O/c1-9-2-4-14(5-3-9)11(15)6-10-7-12-8-13-10/h7-9H,2-6H2,1H3,(H,12,13). The number of aromatic nitrogens is 2. The molecule has 0 unspecified atom stereocenters. The van der Waals surface area contributed by atoms with E-state index in [1.165, 1.54) is 0 Å². The number of rotatable bonds is 2. The van der Waals surface area contributed by atoms with E-state index in [2.05, 4.69) is 16.9 Å². The Hall–Kier alpha value is -1.32. The van der Waals surface area contributed by atoms with Crippen molar-refractivity contribution < 1.29 is 4.79 Å². The van der Waals surface area contributed by atoms with Gasteiger partial charge in [0.05, 0.1) is 12.7 Å². The Bertz CT molecular complexity index is 313. The Labute approximate surface area is 89.7 Å². The van der Waals surface area contributed by atoms with Crippen LogP contribution in [-0.2, 0) is 11.2 Å². The molecule has 1 aliphatic rings. The lowest BCUT2D eigenvalue weighted by molar-refractivity contribution is -0.131. The molecule has 1 amide bonds. The molecule has 0 saturated carbocycles. The quantitative estimate of drug-likeness (QED) is 0.792. The molecule has 15 heavy (non-hydrogen) atoms. The fourth-order valence-electron chi connectivity index (χ4n) is 1.91. The van der Waals surface area contributed by atoms with Crippen molar-refractivity contribution in [2.45, 2.75) is 26.2 Å². The van der Waals surface area contributed by atoms with Crippen LogP contribution >= 0.6 is 0 Å². The van der Waals surface area contributed by atoms with Crippen LogP contribution in [0.5, 0.6) is 0 Å². The lowest BCUT2D eigenvalue weighted by Gasteiger charge is -2.30. The van der Waals surface area contributed by atoms with Crippen LogP contribution < -0.4 is 0 Å². The fraction of sp³-hybridized carbons (Fsp3) is 0.636. The molecule has 1 aromatic rings. The fourth-order valence-corrected chi connectivity index (χ4v) is 1.91. The van der Waals surface area contributed by atoms with Gasteiger partial charge in [0.1, 0.15) is 0 Å². The number of imidazole rings is 1. The van der Waals surface area contributed by atoms with Crippen molar-refractivity contribution in [1.82, 2.24) is 14.9 Å². The molecule has 4 nitrogen and oxygen atoms in total. The maximum atomic E-state index is 11.9. The van der Waals surface area contributed by atoms with E-state index < -0.39 is 0 Å². The minimum absolute atomic E-state index is 0.214. The number of carbonyl (C=O) groups is 1. The second-order valence-electron chi connectivity index (χ2n) is 4.32. The second-order valence-corrected chi connectivity index (χ2v) is 4.32. The molecule has 0 atom stereocenters. The van der Waals surface area contributed by atoms with Crippen molar-refractivity contribution in [3.8, 4) is 0 Å². The van der Waals surface area contributed by atoms with E-state index in [-0.39, 0.29) is 5.91 Å². The molecule has 2 rings (SSSR count). The average molecular weight is 207 g/mol. The summed E-state index contributed by atoms with van der Waals surface area (Å²) >= 11 is 0. The summed E-state index contributed by atoms with van der Waals surface area (Å²) in [6.07, 6.45) is 6.04. The van der Waals surface area contributed by atoms with Gasteiger partial charge in [-0.2, -0.15) is 0 Å². The number of nitrogens with one attached hydrogen (secondary N) is 1. The Kier molecular flexibility index (Phi) is 3.04. The first-order valence-electron chi connectivity index (χ1n) is 5.50. The van der Waals surface area contributed by atoms with Gasteiger partial charge in [-0.05, 0) is 18.8 Å².